The fourth-order valence-electron chi connectivity index (χ4n) is 2.06. The highest BCUT2D eigenvalue weighted by Crippen LogP contribution is 2.20. The molecule has 3 heteroatoms. The van der Waals surface area contributed by atoms with Crippen LogP contribution in [0.5, 0.6) is 0 Å². The molecule has 0 radical (unpaired) electrons. The predicted molar refractivity (Wildman–Crippen MR) is 60.9 cm³/mol. The summed E-state index contributed by atoms with van der Waals surface area (Å²) in [6, 6.07) is 0. The summed E-state index contributed by atoms with van der Waals surface area (Å²) in [5.41, 5.74) is 0. The van der Waals surface area contributed by atoms with Gasteiger partial charge < -0.3 is 9.64 Å². The molecule has 0 bridgehead atoms. The number of halogens is 1. The van der Waals surface area contributed by atoms with Gasteiger partial charge in [0.1, 0.15) is 0 Å². The molecule has 0 aromatic heterocycles. The van der Waals surface area contributed by atoms with Crippen molar-refractivity contribution in [3.05, 3.63) is 0 Å². The molecule has 1 rings (SSSR count). The summed E-state index contributed by atoms with van der Waals surface area (Å²) in [5, 5.41) is 0. The highest BCUT2D eigenvalue weighted by molar-refractivity contribution is 6.18. The lowest BCUT2D eigenvalue weighted by Gasteiger charge is -2.37. The number of alkyl halides is 1. The Bertz CT molecular complexity index is 165. The number of likely N-dealkylation sites (tertiary alicyclic amines) is 1. The molecule has 84 valence electrons. The largest absolute Gasteiger partial charge is 0.380 e. The summed E-state index contributed by atoms with van der Waals surface area (Å²) < 4.78 is 5.47. The standard InChI is InChI=1S/C11H22ClNO/c1-9(6-12)7-13-5-4-10(2)11(8-13)14-3/h9-11H,4-8H2,1-3H3. The summed E-state index contributed by atoms with van der Waals surface area (Å²) in [5.74, 6) is 2.04. The Balaban J connectivity index is 2.34. The Morgan fingerprint density at radius 1 is 1.57 bits per heavy atom. The molecule has 3 unspecified atom stereocenters. The average molecular weight is 220 g/mol. The molecular formula is C11H22ClNO. The van der Waals surface area contributed by atoms with Gasteiger partial charge in [-0.2, -0.15) is 0 Å². The van der Waals surface area contributed by atoms with E-state index in [1.165, 1.54) is 13.0 Å². The van der Waals surface area contributed by atoms with E-state index < -0.39 is 0 Å². The van der Waals surface area contributed by atoms with Crippen LogP contribution in [0.2, 0.25) is 0 Å². The lowest BCUT2D eigenvalue weighted by Crippen LogP contribution is -2.45. The van der Waals surface area contributed by atoms with Crippen LogP contribution in [0.25, 0.3) is 0 Å². The van der Waals surface area contributed by atoms with Crippen molar-refractivity contribution in [2.75, 3.05) is 32.6 Å². The zero-order chi connectivity index (χ0) is 10.6. The van der Waals surface area contributed by atoms with Crippen LogP contribution < -0.4 is 0 Å². The van der Waals surface area contributed by atoms with Crippen molar-refractivity contribution in [1.82, 2.24) is 4.90 Å². The number of piperidine rings is 1. The molecule has 1 heterocycles. The summed E-state index contributed by atoms with van der Waals surface area (Å²) in [6.45, 7) is 7.85. The van der Waals surface area contributed by atoms with Gasteiger partial charge in [-0.05, 0) is 24.8 Å². The van der Waals surface area contributed by atoms with Gasteiger partial charge in [0.2, 0.25) is 0 Å². The van der Waals surface area contributed by atoms with Crippen molar-refractivity contribution >= 4 is 11.6 Å². The molecule has 0 amide bonds. The zero-order valence-electron chi connectivity index (χ0n) is 9.50. The highest BCUT2D eigenvalue weighted by Gasteiger charge is 2.26. The fraction of sp³-hybridized carbons (Fsp3) is 1.00. The van der Waals surface area contributed by atoms with E-state index in [-0.39, 0.29) is 0 Å². The van der Waals surface area contributed by atoms with E-state index in [2.05, 4.69) is 18.7 Å². The van der Waals surface area contributed by atoms with E-state index in [1.54, 1.807) is 0 Å². The lowest BCUT2D eigenvalue weighted by molar-refractivity contribution is -0.00781. The van der Waals surface area contributed by atoms with Crippen LogP contribution in [-0.2, 0) is 4.74 Å². The topological polar surface area (TPSA) is 12.5 Å². The average Bonchev–Trinajstić information content (AvgIpc) is 2.20. The normalized spacial score (nSPS) is 31.7. The van der Waals surface area contributed by atoms with Crippen LogP contribution in [0.3, 0.4) is 0 Å². The molecule has 2 nitrogen and oxygen atoms in total. The summed E-state index contributed by atoms with van der Waals surface area (Å²) >= 11 is 5.81. The molecule has 1 aliphatic rings. The second-order valence-corrected chi connectivity index (χ2v) is 4.87. The van der Waals surface area contributed by atoms with Crippen LogP contribution in [0, 0.1) is 11.8 Å². The zero-order valence-corrected chi connectivity index (χ0v) is 10.3. The van der Waals surface area contributed by atoms with Crippen molar-refractivity contribution in [2.24, 2.45) is 11.8 Å². The Kier molecular flexibility index (Phi) is 5.21. The van der Waals surface area contributed by atoms with Crippen molar-refractivity contribution in [3.63, 3.8) is 0 Å². The van der Waals surface area contributed by atoms with E-state index in [1.807, 2.05) is 7.11 Å². The van der Waals surface area contributed by atoms with Gasteiger partial charge in [0, 0.05) is 26.1 Å². The van der Waals surface area contributed by atoms with Crippen LogP contribution >= 0.6 is 11.6 Å². The van der Waals surface area contributed by atoms with Crippen LogP contribution in [-0.4, -0.2) is 43.6 Å². The Morgan fingerprint density at radius 2 is 2.29 bits per heavy atom. The van der Waals surface area contributed by atoms with Gasteiger partial charge in [0.25, 0.3) is 0 Å². The third-order valence-corrected chi connectivity index (χ3v) is 3.64. The molecule has 0 spiro atoms. The summed E-state index contributed by atoms with van der Waals surface area (Å²) in [7, 11) is 1.82. The van der Waals surface area contributed by atoms with E-state index >= 15 is 0 Å². The maximum atomic E-state index is 5.81. The molecule has 0 N–H and O–H groups in total. The predicted octanol–water partition coefficient (Wildman–Crippen LogP) is 2.22. The second-order valence-electron chi connectivity index (χ2n) is 4.56. The number of hydrogen-bond acceptors (Lipinski definition) is 2. The minimum Gasteiger partial charge on any atom is -0.380 e. The number of ether oxygens (including phenoxy) is 1. The van der Waals surface area contributed by atoms with Gasteiger partial charge in [-0.15, -0.1) is 11.6 Å². The van der Waals surface area contributed by atoms with Crippen LogP contribution in [0.15, 0.2) is 0 Å². The molecule has 0 aromatic carbocycles. The molecular weight excluding hydrogens is 198 g/mol. The Morgan fingerprint density at radius 3 is 2.86 bits per heavy atom. The number of hydrogen-bond donors (Lipinski definition) is 0. The maximum absolute atomic E-state index is 5.81. The van der Waals surface area contributed by atoms with Crippen molar-refractivity contribution in [3.8, 4) is 0 Å². The molecule has 1 fully saturated rings. The molecule has 0 saturated carbocycles. The third-order valence-electron chi connectivity index (χ3n) is 3.11. The molecule has 3 atom stereocenters. The lowest BCUT2D eigenvalue weighted by atomic mass is 9.95. The van der Waals surface area contributed by atoms with Gasteiger partial charge in [-0.25, -0.2) is 0 Å². The third kappa shape index (κ3) is 3.41. The minimum atomic E-state index is 0.409. The molecule has 1 saturated heterocycles. The first-order chi connectivity index (χ1) is 6.67. The minimum absolute atomic E-state index is 0.409. The highest BCUT2D eigenvalue weighted by atomic mass is 35.5. The van der Waals surface area contributed by atoms with Gasteiger partial charge in [-0.3, -0.25) is 0 Å². The van der Waals surface area contributed by atoms with Gasteiger partial charge in [-0.1, -0.05) is 13.8 Å². The van der Waals surface area contributed by atoms with Gasteiger partial charge >= 0.3 is 0 Å². The molecule has 0 aliphatic carbocycles. The van der Waals surface area contributed by atoms with E-state index in [9.17, 15) is 0 Å². The summed E-state index contributed by atoms with van der Waals surface area (Å²) in [4.78, 5) is 2.47. The van der Waals surface area contributed by atoms with Gasteiger partial charge in [0.05, 0.1) is 6.10 Å². The second kappa shape index (κ2) is 5.94. The monoisotopic (exact) mass is 219 g/mol. The fourth-order valence-corrected chi connectivity index (χ4v) is 2.16. The number of methoxy groups -OCH3 is 1. The van der Waals surface area contributed by atoms with E-state index in [4.69, 9.17) is 16.3 Å². The summed E-state index contributed by atoms with van der Waals surface area (Å²) in [6.07, 6.45) is 1.65. The number of nitrogens with zero attached hydrogens (tertiary/aromatic N) is 1. The van der Waals surface area contributed by atoms with Crippen LogP contribution in [0.1, 0.15) is 20.3 Å². The molecule has 14 heavy (non-hydrogen) atoms. The first-order valence-electron chi connectivity index (χ1n) is 5.48. The SMILES string of the molecule is COC1CN(CC(C)CCl)CCC1C. The first-order valence-corrected chi connectivity index (χ1v) is 6.02. The quantitative estimate of drug-likeness (QED) is 0.673. The van der Waals surface area contributed by atoms with Crippen molar-refractivity contribution in [1.29, 1.82) is 0 Å². The van der Waals surface area contributed by atoms with Crippen molar-refractivity contribution < 1.29 is 4.74 Å². The van der Waals surface area contributed by atoms with Crippen molar-refractivity contribution in [2.45, 2.75) is 26.4 Å². The molecule has 1 aliphatic heterocycles. The van der Waals surface area contributed by atoms with E-state index in [0.29, 0.717) is 17.9 Å². The van der Waals surface area contributed by atoms with E-state index in [0.717, 1.165) is 19.0 Å². The number of rotatable bonds is 4. The Labute approximate surface area is 92.6 Å². The maximum Gasteiger partial charge on any atom is 0.0724 e. The Hall–Kier alpha value is 0.210. The smallest absolute Gasteiger partial charge is 0.0724 e. The molecule has 0 aromatic rings. The van der Waals surface area contributed by atoms with Gasteiger partial charge in [0.15, 0.2) is 0 Å². The van der Waals surface area contributed by atoms with Crippen LogP contribution in [0.4, 0.5) is 0 Å². The first kappa shape index (κ1) is 12.3.